The fourth-order valence-corrected chi connectivity index (χ4v) is 5.86. The third-order valence-corrected chi connectivity index (χ3v) is 7.03. The fourth-order valence-electron chi connectivity index (χ4n) is 2.85. The van der Waals surface area contributed by atoms with Crippen molar-refractivity contribution in [3.05, 3.63) is 42.1 Å². The van der Waals surface area contributed by atoms with Gasteiger partial charge >= 0.3 is 0 Å². The highest BCUT2D eigenvalue weighted by Crippen LogP contribution is 2.66. The molecule has 0 fully saturated rings. The molecule has 0 saturated heterocycles. The summed E-state index contributed by atoms with van der Waals surface area (Å²) in [6.07, 6.45) is 0. The van der Waals surface area contributed by atoms with Crippen LogP contribution in [0, 0.1) is 0 Å². The van der Waals surface area contributed by atoms with E-state index in [1.165, 1.54) is 5.30 Å². The van der Waals surface area contributed by atoms with Crippen LogP contribution in [0.4, 0.5) is 0 Å². The molecule has 2 atom stereocenters. The van der Waals surface area contributed by atoms with Gasteiger partial charge in [-0.15, -0.1) is 0 Å². The maximum Gasteiger partial charge on any atom is 0.213 e. The Bertz CT molecular complexity index is 712. The number of hydrogen-bond donors (Lipinski definition) is 0. The van der Waals surface area contributed by atoms with Gasteiger partial charge in [0.2, 0.25) is 5.88 Å². The summed E-state index contributed by atoms with van der Waals surface area (Å²) in [6.45, 7) is 6.74. The van der Waals surface area contributed by atoms with Crippen molar-refractivity contribution in [2.24, 2.45) is 0 Å². The van der Waals surface area contributed by atoms with Gasteiger partial charge < -0.3 is 14.2 Å². The molecule has 4 nitrogen and oxygen atoms in total. The van der Waals surface area contributed by atoms with Crippen molar-refractivity contribution in [1.29, 1.82) is 0 Å². The molecule has 2 aromatic rings. The van der Waals surface area contributed by atoms with Crippen molar-refractivity contribution >= 4 is 13.2 Å². The molecule has 23 heavy (non-hydrogen) atoms. The van der Waals surface area contributed by atoms with E-state index in [0.717, 1.165) is 17.2 Å². The lowest BCUT2D eigenvalue weighted by Gasteiger charge is -2.31. The largest absolute Gasteiger partial charge is 0.496 e. The molecule has 1 aliphatic rings. The van der Waals surface area contributed by atoms with E-state index in [1.807, 2.05) is 36.4 Å². The first kappa shape index (κ1) is 16.1. The second-order valence-electron chi connectivity index (χ2n) is 6.42. The summed E-state index contributed by atoms with van der Waals surface area (Å²) >= 11 is 0. The molecular weight excluding hydrogens is 309 g/mol. The van der Waals surface area contributed by atoms with Gasteiger partial charge in [-0.2, -0.15) is 0 Å². The van der Waals surface area contributed by atoms with Gasteiger partial charge in [-0.3, -0.25) is 0 Å². The lowest BCUT2D eigenvalue weighted by Crippen LogP contribution is -2.21. The molecule has 1 aliphatic heterocycles. The van der Waals surface area contributed by atoms with Crippen LogP contribution in [0.15, 0.2) is 36.4 Å². The van der Waals surface area contributed by atoms with Gasteiger partial charge in [0, 0.05) is 6.07 Å². The smallest absolute Gasteiger partial charge is 0.213 e. The second kappa shape index (κ2) is 6.01. The quantitative estimate of drug-likeness (QED) is 0.794. The zero-order chi connectivity index (χ0) is 16.6. The maximum absolute atomic E-state index is 6.30. The molecule has 0 aliphatic carbocycles. The first-order valence-corrected chi connectivity index (χ1v) is 9.00. The minimum atomic E-state index is -0.651. The molecule has 0 saturated carbocycles. The summed E-state index contributed by atoms with van der Waals surface area (Å²) in [7, 11) is 2.69. The molecule has 3 rings (SSSR count). The van der Waals surface area contributed by atoms with Crippen molar-refractivity contribution in [3.63, 3.8) is 0 Å². The van der Waals surface area contributed by atoms with Crippen molar-refractivity contribution < 1.29 is 14.2 Å². The number of methoxy groups -OCH3 is 2. The number of rotatable bonds is 3. The van der Waals surface area contributed by atoms with Crippen LogP contribution < -0.4 is 19.5 Å². The van der Waals surface area contributed by atoms with Crippen LogP contribution in [0.5, 0.6) is 17.4 Å². The molecule has 0 radical (unpaired) electrons. The van der Waals surface area contributed by atoms with E-state index < -0.39 is 7.92 Å². The highest BCUT2D eigenvalue weighted by atomic mass is 31.1. The van der Waals surface area contributed by atoms with Crippen LogP contribution in [0.3, 0.4) is 0 Å². The van der Waals surface area contributed by atoms with Crippen LogP contribution in [-0.4, -0.2) is 24.4 Å². The predicted molar refractivity (Wildman–Crippen MR) is 93.5 cm³/mol. The average molecular weight is 331 g/mol. The topological polar surface area (TPSA) is 40.6 Å². The number of aromatic nitrogens is 1. The van der Waals surface area contributed by atoms with E-state index >= 15 is 0 Å². The zero-order valence-electron chi connectivity index (χ0n) is 14.2. The first-order valence-electron chi connectivity index (χ1n) is 7.59. The van der Waals surface area contributed by atoms with Crippen LogP contribution in [-0.2, 0) is 0 Å². The molecule has 0 N–H and O–H groups in total. The fraction of sp³-hybridized carbons (Fsp3) is 0.389. The van der Waals surface area contributed by atoms with E-state index in [-0.39, 0.29) is 11.0 Å². The Morgan fingerprint density at radius 2 is 1.78 bits per heavy atom. The number of ether oxygens (including phenoxy) is 3. The SMILES string of the molecule is COc1cccc(C2Oc3cccc(OC)c3[P@]2C(C)(C)C)n1. The first-order chi connectivity index (χ1) is 11.0. The summed E-state index contributed by atoms with van der Waals surface area (Å²) in [5.74, 6) is 2.32. The Morgan fingerprint density at radius 3 is 2.43 bits per heavy atom. The monoisotopic (exact) mass is 331 g/mol. The van der Waals surface area contributed by atoms with Crippen LogP contribution in [0.2, 0.25) is 0 Å². The van der Waals surface area contributed by atoms with Crippen molar-refractivity contribution in [3.8, 4) is 17.4 Å². The van der Waals surface area contributed by atoms with Crippen molar-refractivity contribution in [1.82, 2.24) is 4.98 Å². The third kappa shape index (κ3) is 2.88. The molecule has 0 amide bonds. The number of nitrogens with zero attached hydrogens (tertiary/aromatic N) is 1. The van der Waals surface area contributed by atoms with Crippen LogP contribution >= 0.6 is 7.92 Å². The minimum absolute atomic E-state index is 0.0602. The van der Waals surface area contributed by atoms with Gasteiger partial charge in [0.15, 0.2) is 5.85 Å². The van der Waals surface area contributed by atoms with Gasteiger partial charge in [-0.05, 0) is 31.3 Å². The molecule has 122 valence electrons. The Morgan fingerprint density at radius 1 is 1.04 bits per heavy atom. The lowest BCUT2D eigenvalue weighted by atomic mass is 10.3. The molecule has 1 aromatic carbocycles. The van der Waals surface area contributed by atoms with Gasteiger partial charge in [-0.1, -0.05) is 32.9 Å². The molecule has 2 heterocycles. The third-order valence-electron chi connectivity index (χ3n) is 3.83. The summed E-state index contributed by atoms with van der Waals surface area (Å²) in [5, 5.41) is 1.25. The van der Waals surface area contributed by atoms with E-state index in [0.29, 0.717) is 5.88 Å². The predicted octanol–water partition coefficient (Wildman–Crippen LogP) is 4.10. The summed E-state index contributed by atoms with van der Waals surface area (Å²) in [4.78, 5) is 4.60. The molecule has 0 spiro atoms. The lowest BCUT2D eigenvalue weighted by molar-refractivity contribution is 0.291. The summed E-state index contributed by atoms with van der Waals surface area (Å²) in [6, 6.07) is 11.8. The molecule has 5 heteroatoms. The summed E-state index contributed by atoms with van der Waals surface area (Å²) in [5.41, 5.74) is 0.906. The normalized spacial score (nSPS) is 19.9. The van der Waals surface area contributed by atoms with Crippen molar-refractivity contribution in [2.45, 2.75) is 31.8 Å². The average Bonchev–Trinajstić information content (AvgIpc) is 2.94. The number of hydrogen-bond acceptors (Lipinski definition) is 4. The zero-order valence-corrected chi connectivity index (χ0v) is 15.1. The Balaban J connectivity index is 2.12. The maximum atomic E-state index is 6.30. The minimum Gasteiger partial charge on any atom is -0.496 e. The van der Waals surface area contributed by atoms with Crippen LogP contribution in [0.25, 0.3) is 0 Å². The van der Waals surface area contributed by atoms with E-state index in [1.54, 1.807) is 14.2 Å². The van der Waals surface area contributed by atoms with E-state index in [9.17, 15) is 0 Å². The summed E-state index contributed by atoms with van der Waals surface area (Å²) < 4.78 is 17.2. The van der Waals surface area contributed by atoms with Crippen LogP contribution in [0.1, 0.15) is 32.3 Å². The van der Waals surface area contributed by atoms with Gasteiger partial charge in [0.05, 0.1) is 25.2 Å². The Labute approximate surface area is 138 Å². The standard InChI is InChI=1S/C18H22NO3P/c1-18(2,3)23-16-13(20-4)9-7-10-14(16)22-17(23)12-8-6-11-15(19-12)21-5/h6-11,17H,1-5H3/t17?,23-/m0/s1. The number of pyridine rings is 1. The van der Waals surface area contributed by atoms with E-state index in [2.05, 4.69) is 25.8 Å². The second-order valence-corrected chi connectivity index (χ2v) is 9.42. The van der Waals surface area contributed by atoms with Gasteiger partial charge in [0.1, 0.15) is 11.5 Å². The van der Waals surface area contributed by atoms with E-state index in [4.69, 9.17) is 14.2 Å². The molecular formula is C18H22NO3P. The van der Waals surface area contributed by atoms with Crippen molar-refractivity contribution in [2.75, 3.05) is 14.2 Å². The molecule has 1 unspecified atom stereocenters. The Hall–Kier alpha value is -1.80. The highest BCUT2D eigenvalue weighted by molar-refractivity contribution is 7.68. The number of fused-ring (bicyclic) bond motifs is 1. The van der Waals surface area contributed by atoms with Gasteiger partial charge in [-0.25, -0.2) is 4.98 Å². The molecule has 1 aromatic heterocycles. The number of benzene rings is 1. The van der Waals surface area contributed by atoms with Gasteiger partial charge in [0.25, 0.3) is 0 Å². The molecule has 0 bridgehead atoms. The highest BCUT2D eigenvalue weighted by Gasteiger charge is 2.45. The Kier molecular flexibility index (Phi) is 4.20.